The highest BCUT2D eigenvalue weighted by Gasteiger charge is 2.48. The van der Waals surface area contributed by atoms with Gasteiger partial charge in [0.05, 0.1) is 19.2 Å². The Kier molecular flexibility index (Phi) is 9.36. The molecule has 0 amide bonds. The van der Waals surface area contributed by atoms with E-state index in [9.17, 15) is 9.90 Å². The average molecular weight is 614 g/mol. The van der Waals surface area contributed by atoms with Gasteiger partial charge in [-0.15, -0.1) is 0 Å². The van der Waals surface area contributed by atoms with Gasteiger partial charge in [-0.25, -0.2) is 0 Å². The van der Waals surface area contributed by atoms with Crippen molar-refractivity contribution in [2.75, 3.05) is 60.6 Å². The first kappa shape index (κ1) is 31.3. The van der Waals surface area contributed by atoms with Crippen LogP contribution in [0.2, 0.25) is 0 Å². The number of hydrogen-bond acceptors (Lipinski definition) is 11. The molecular formula is C32H43N3O7S. The lowest BCUT2D eigenvalue weighted by atomic mass is 9.81. The molecule has 3 aliphatic heterocycles. The lowest BCUT2D eigenvalue weighted by Gasteiger charge is -2.47. The van der Waals surface area contributed by atoms with Crippen LogP contribution >= 0.6 is 12.6 Å². The molecule has 3 heterocycles. The van der Waals surface area contributed by atoms with Crippen LogP contribution in [0.3, 0.4) is 0 Å². The van der Waals surface area contributed by atoms with E-state index in [1.807, 2.05) is 27.9 Å². The molecule has 0 fully saturated rings. The number of carbonyl (C=O) groups excluding carboxylic acids is 1. The largest absolute Gasteiger partial charge is 0.504 e. The Balaban J connectivity index is 1.71. The number of phenolic OH excluding ortho intramolecular Hbond substituents is 1. The first-order valence-electron chi connectivity index (χ1n) is 14.6. The standard InChI is InChI=1S/C32H43N3O7S/c1-8-11-39-29-18(3)30-31(42-16-41-30)25-20(29)13-22-26(34(5)6)24-19(12-17(2)28(38-7)27(24)36)9-10-35(22)23(25)14-40-32(37)21(15-43)33-4/h8,12,21-23,26,33,36,43H,1,9-11,13-16H2,2-7H3. The number of benzene rings is 2. The molecule has 2 aromatic carbocycles. The van der Waals surface area contributed by atoms with E-state index in [0.717, 1.165) is 39.1 Å². The number of rotatable bonds is 10. The van der Waals surface area contributed by atoms with Gasteiger partial charge in [0.15, 0.2) is 23.0 Å². The zero-order valence-corrected chi connectivity index (χ0v) is 26.8. The zero-order chi connectivity index (χ0) is 31.0. The fraction of sp³-hybridized carbons (Fsp3) is 0.531. The molecule has 4 atom stereocenters. The summed E-state index contributed by atoms with van der Waals surface area (Å²) in [7, 11) is 7.35. The summed E-state index contributed by atoms with van der Waals surface area (Å²) >= 11 is 4.32. The number of aryl methyl sites for hydroxylation is 1. The van der Waals surface area contributed by atoms with Gasteiger partial charge in [0.1, 0.15) is 25.0 Å². The smallest absolute Gasteiger partial charge is 0.324 e. The van der Waals surface area contributed by atoms with Crippen LogP contribution in [0.1, 0.15) is 45.5 Å². The summed E-state index contributed by atoms with van der Waals surface area (Å²) in [6, 6.07) is 0.902. The van der Waals surface area contributed by atoms with E-state index < -0.39 is 6.04 Å². The van der Waals surface area contributed by atoms with Crippen LogP contribution < -0.4 is 24.3 Å². The fourth-order valence-corrected chi connectivity index (χ4v) is 7.34. The minimum atomic E-state index is -0.535. The number of methoxy groups -OCH3 is 1. The summed E-state index contributed by atoms with van der Waals surface area (Å²) in [5.74, 6) is 2.64. The van der Waals surface area contributed by atoms with E-state index in [1.165, 1.54) is 0 Å². The van der Waals surface area contributed by atoms with Gasteiger partial charge in [0, 0.05) is 40.6 Å². The van der Waals surface area contributed by atoms with Gasteiger partial charge in [-0.05, 0) is 59.0 Å². The molecule has 0 aliphatic carbocycles. The number of nitrogens with one attached hydrogen (secondary N) is 1. The van der Waals surface area contributed by atoms with E-state index in [4.69, 9.17) is 23.7 Å². The van der Waals surface area contributed by atoms with Crippen molar-refractivity contribution in [3.05, 3.63) is 52.1 Å². The quantitative estimate of drug-likeness (QED) is 0.210. The topological polar surface area (TPSA) is 102 Å². The van der Waals surface area contributed by atoms with Crippen LogP contribution in [0.5, 0.6) is 28.7 Å². The van der Waals surface area contributed by atoms with E-state index in [2.05, 4.69) is 40.4 Å². The third kappa shape index (κ3) is 5.41. The van der Waals surface area contributed by atoms with Crippen LogP contribution in [0, 0.1) is 13.8 Å². The van der Waals surface area contributed by atoms with Crippen LogP contribution in [-0.4, -0.2) is 93.5 Å². The van der Waals surface area contributed by atoms with Gasteiger partial charge in [0.25, 0.3) is 0 Å². The number of aromatic hydroxyl groups is 1. The summed E-state index contributed by atoms with van der Waals surface area (Å²) in [5, 5.41) is 14.6. The summed E-state index contributed by atoms with van der Waals surface area (Å²) < 4.78 is 30.1. The fourth-order valence-electron chi connectivity index (χ4n) is 7.01. The third-order valence-electron chi connectivity index (χ3n) is 8.88. The molecule has 0 saturated carbocycles. The molecule has 2 aromatic rings. The number of likely N-dealkylation sites (N-methyl/N-ethyl adjacent to an activating group) is 2. The molecule has 43 heavy (non-hydrogen) atoms. The second-order valence-electron chi connectivity index (χ2n) is 11.5. The maximum Gasteiger partial charge on any atom is 0.324 e. The summed E-state index contributed by atoms with van der Waals surface area (Å²) in [4.78, 5) is 17.6. The van der Waals surface area contributed by atoms with Crippen molar-refractivity contribution >= 4 is 18.6 Å². The normalized spacial score (nSPS) is 21.3. The van der Waals surface area contributed by atoms with E-state index in [0.29, 0.717) is 49.0 Å². The van der Waals surface area contributed by atoms with Gasteiger partial charge < -0.3 is 39.0 Å². The number of thiol groups is 1. The number of esters is 1. The molecule has 2 N–H and O–H groups in total. The Hall–Kier alpha value is -3.12. The monoisotopic (exact) mass is 613 g/mol. The average Bonchev–Trinajstić information content (AvgIpc) is 3.41. The van der Waals surface area contributed by atoms with E-state index in [1.54, 1.807) is 20.2 Å². The molecule has 4 unspecified atom stereocenters. The van der Waals surface area contributed by atoms with Crippen LogP contribution in [0.25, 0.3) is 0 Å². The molecule has 0 saturated heterocycles. The van der Waals surface area contributed by atoms with Crippen molar-refractivity contribution in [2.45, 2.75) is 50.9 Å². The number of nitrogens with zero attached hydrogens (tertiary/aromatic N) is 2. The number of fused-ring (bicyclic) bond motifs is 5. The van der Waals surface area contributed by atoms with Crippen molar-refractivity contribution in [3.63, 3.8) is 0 Å². The van der Waals surface area contributed by atoms with Crippen molar-refractivity contribution < 1.29 is 33.6 Å². The molecule has 0 spiro atoms. The Bertz CT molecular complexity index is 1390. The first-order valence-corrected chi connectivity index (χ1v) is 15.3. The van der Waals surface area contributed by atoms with Gasteiger partial charge in [0.2, 0.25) is 6.79 Å². The minimum absolute atomic E-state index is 0.0961. The molecule has 0 bridgehead atoms. The van der Waals surface area contributed by atoms with Gasteiger partial charge in [-0.1, -0.05) is 18.7 Å². The van der Waals surface area contributed by atoms with Crippen LogP contribution in [-0.2, 0) is 22.4 Å². The first-order chi connectivity index (χ1) is 20.7. The van der Waals surface area contributed by atoms with Crippen molar-refractivity contribution in [3.8, 4) is 28.7 Å². The maximum atomic E-state index is 13.1. The van der Waals surface area contributed by atoms with Crippen LogP contribution in [0.15, 0.2) is 18.7 Å². The Morgan fingerprint density at radius 3 is 2.67 bits per heavy atom. The maximum absolute atomic E-state index is 13.1. The molecule has 234 valence electrons. The molecule has 5 rings (SSSR count). The molecule has 3 aliphatic rings. The van der Waals surface area contributed by atoms with Crippen molar-refractivity contribution in [1.82, 2.24) is 15.1 Å². The second kappa shape index (κ2) is 12.9. The molecular weight excluding hydrogens is 570 g/mol. The lowest BCUT2D eigenvalue weighted by molar-refractivity contribution is -0.148. The van der Waals surface area contributed by atoms with Crippen LogP contribution in [0.4, 0.5) is 0 Å². The number of hydrogen-bond donors (Lipinski definition) is 3. The second-order valence-corrected chi connectivity index (χ2v) is 11.9. The minimum Gasteiger partial charge on any atom is -0.504 e. The Morgan fingerprint density at radius 1 is 1.28 bits per heavy atom. The van der Waals surface area contributed by atoms with E-state index in [-0.39, 0.29) is 43.2 Å². The number of carbonyl (C=O) groups is 1. The summed E-state index contributed by atoms with van der Waals surface area (Å²) in [6.45, 7) is 8.97. The van der Waals surface area contributed by atoms with Gasteiger partial charge in [-0.2, -0.15) is 12.6 Å². The Labute approximate surface area is 259 Å². The van der Waals surface area contributed by atoms with Crippen molar-refractivity contribution in [2.24, 2.45) is 0 Å². The van der Waals surface area contributed by atoms with E-state index >= 15 is 0 Å². The van der Waals surface area contributed by atoms with Crippen molar-refractivity contribution in [1.29, 1.82) is 0 Å². The SMILES string of the molecule is C=CCOc1c(C)c2c(c3c1CC1C(N(C)C)c4c(cc(C)c(OC)c4O)CCN1C3COC(=O)C(CS)NC)OCO2. The summed E-state index contributed by atoms with van der Waals surface area (Å²) in [5.41, 5.74) is 5.56. The highest BCUT2D eigenvalue weighted by molar-refractivity contribution is 7.80. The number of ether oxygens (including phenoxy) is 5. The number of phenols is 1. The molecule has 0 aromatic heterocycles. The lowest BCUT2D eigenvalue weighted by Crippen LogP contribution is -2.51. The molecule has 10 nitrogen and oxygen atoms in total. The third-order valence-corrected chi connectivity index (χ3v) is 9.25. The van der Waals surface area contributed by atoms with Gasteiger partial charge >= 0.3 is 5.97 Å². The molecule has 11 heteroatoms. The predicted molar refractivity (Wildman–Crippen MR) is 167 cm³/mol. The highest BCUT2D eigenvalue weighted by atomic mass is 32.1. The zero-order valence-electron chi connectivity index (χ0n) is 25.9. The summed E-state index contributed by atoms with van der Waals surface area (Å²) in [6.07, 6.45) is 3.02. The molecule has 0 radical (unpaired) electrons. The van der Waals surface area contributed by atoms with Gasteiger partial charge in [-0.3, -0.25) is 9.69 Å². The predicted octanol–water partition coefficient (Wildman–Crippen LogP) is 3.50. The Morgan fingerprint density at radius 2 is 2.02 bits per heavy atom. The highest BCUT2D eigenvalue weighted by Crippen LogP contribution is 2.55.